The topological polar surface area (TPSA) is 84.9 Å². The van der Waals surface area contributed by atoms with Gasteiger partial charge in [-0.05, 0) is 12.1 Å². The number of carbonyl (C=O) groups is 2. The SMILES string of the molecule is COC(=O)/C=C(/Nc1ccc(Cl)cc1O)C(=O)OC. The number of hydrogen-bond donors (Lipinski definition) is 2. The second kappa shape index (κ2) is 6.65. The molecular formula is C12H12ClNO5. The molecule has 0 radical (unpaired) electrons. The molecule has 1 aromatic rings. The van der Waals surface area contributed by atoms with Crippen LogP contribution in [0.15, 0.2) is 30.0 Å². The third kappa shape index (κ3) is 4.18. The van der Waals surface area contributed by atoms with Crippen LogP contribution >= 0.6 is 11.6 Å². The van der Waals surface area contributed by atoms with E-state index in [-0.39, 0.29) is 17.1 Å². The van der Waals surface area contributed by atoms with Gasteiger partial charge in [0.2, 0.25) is 0 Å². The molecule has 0 atom stereocenters. The highest BCUT2D eigenvalue weighted by Gasteiger charge is 2.14. The van der Waals surface area contributed by atoms with Crippen LogP contribution in [0, 0.1) is 0 Å². The Kier molecular flexibility index (Phi) is 5.20. The molecule has 0 aliphatic heterocycles. The Morgan fingerprint density at radius 1 is 1.32 bits per heavy atom. The highest BCUT2D eigenvalue weighted by molar-refractivity contribution is 6.30. The number of methoxy groups -OCH3 is 2. The van der Waals surface area contributed by atoms with Crippen molar-refractivity contribution in [3.63, 3.8) is 0 Å². The van der Waals surface area contributed by atoms with Gasteiger partial charge in [-0.2, -0.15) is 0 Å². The van der Waals surface area contributed by atoms with E-state index in [0.29, 0.717) is 5.02 Å². The van der Waals surface area contributed by atoms with Gasteiger partial charge in [0.05, 0.1) is 26.0 Å². The summed E-state index contributed by atoms with van der Waals surface area (Å²) in [5.41, 5.74) is 0.0249. The summed E-state index contributed by atoms with van der Waals surface area (Å²) >= 11 is 5.68. The number of phenols is 1. The Labute approximate surface area is 114 Å². The number of aromatic hydroxyl groups is 1. The molecule has 102 valence electrons. The van der Waals surface area contributed by atoms with Gasteiger partial charge < -0.3 is 19.9 Å². The van der Waals surface area contributed by atoms with E-state index >= 15 is 0 Å². The summed E-state index contributed by atoms with van der Waals surface area (Å²) in [6, 6.07) is 4.25. The van der Waals surface area contributed by atoms with Crippen LogP contribution in [0.5, 0.6) is 5.75 Å². The largest absolute Gasteiger partial charge is 0.506 e. The molecular weight excluding hydrogens is 274 g/mol. The number of hydrogen-bond acceptors (Lipinski definition) is 6. The molecule has 0 amide bonds. The van der Waals surface area contributed by atoms with Gasteiger partial charge in [0.1, 0.15) is 11.4 Å². The molecule has 7 heteroatoms. The standard InChI is InChI=1S/C12H12ClNO5/c1-18-11(16)6-9(12(17)19-2)14-8-4-3-7(13)5-10(8)15/h3-6,14-15H,1-2H3/b9-6+. The minimum absolute atomic E-state index is 0.174. The molecule has 0 saturated carbocycles. The summed E-state index contributed by atoms with van der Waals surface area (Å²) in [5, 5.41) is 12.5. The van der Waals surface area contributed by atoms with Gasteiger partial charge in [-0.1, -0.05) is 11.6 Å². The number of phenolic OH excluding ortho intramolecular Hbond substituents is 1. The van der Waals surface area contributed by atoms with Crippen molar-refractivity contribution in [2.45, 2.75) is 0 Å². The second-order valence-corrected chi connectivity index (χ2v) is 3.80. The van der Waals surface area contributed by atoms with E-state index in [1.165, 1.54) is 25.3 Å². The minimum atomic E-state index is -0.778. The van der Waals surface area contributed by atoms with E-state index in [9.17, 15) is 14.7 Å². The molecule has 0 aliphatic rings. The van der Waals surface area contributed by atoms with E-state index in [4.69, 9.17) is 11.6 Å². The van der Waals surface area contributed by atoms with Gasteiger partial charge in [-0.15, -0.1) is 0 Å². The first-order valence-corrected chi connectivity index (χ1v) is 5.49. The van der Waals surface area contributed by atoms with Crippen molar-refractivity contribution < 1.29 is 24.2 Å². The summed E-state index contributed by atoms with van der Waals surface area (Å²) in [6.45, 7) is 0. The first-order valence-electron chi connectivity index (χ1n) is 5.11. The van der Waals surface area contributed by atoms with Gasteiger partial charge in [-0.25, -0.2) is 9.59 Å². The van der Waals surface area contributed by atoms with Crippen LogP contribution in [0.3, 0.4) is 0 Å². The lowest BCUT2D eigenvalue weighted by Crippen LogP contribution is -2.15. The van der Waals surface area contributed by atoms with E-state index in [1.54, 1.807) is 0 Å². The highest BCUT2D eigenvalue weighted by Crippen LogP contribution is 2.27. The Morgan fingerprint density at radius 2 is 2.00 bits per heavy atom. The van der Waals surface area contributed by atoms with Crippen molar-refractivity contribution in [3.05, 3.63) is 35.0 Å². The van der Waals surface area contributed by atoms with Crippen molar-refractivity contribution in [1.82, 2.24) is 0 Å². The van der Waals surface area contributed by atoms with E-state index < -0.39 is 11.9 Å². The maximum absolute atomic E-state index is 11.5. The fourth-order valence-corrected chi connectivity index (χ4v) is 1.35. The van der Waals surface area contributed by atoms with Crippen molar-refractivity contribution in [2.24, 2.45) is 0 Å². The Hall–Kier alpha value is -2.21. The summed E-state index contributed by atoms with van der Waals surface area (Å²) in [7, 11) is 2.34. The van der Waals surface area contributed by atoms with Crippen LogP contribution in [0.1, 0.15) is 0 Å². The van der Waals surface area contributed by atoms with Crippen LogP contribution in [-0.4, -0.2) is 31.3 Å². The summed E-state index contributed by atoms with van der Waals surface area (Å²) < 4.78 is 8.92. The van der Waals surface area contributed by atoms with Crippen molar-refractivity contribution in [2.75, 3.05) is 19.5 Å². The third-order valence-electron chi connectivity index (χ3n) is 2.10. The summed E-state index contributed by atoms with van der Waals surface area (Å²) in [4.78, 5) is 22.6. The molecule has 0 aliphatic carbocycles. The second-order valence-electron chi connectivity index (χ2n) is 3.36. The number of ether oxygens (including phenoxy) is 2. The molecule has 1 aromatic carbocycles. The third-order valence-corrected chi connectivity index (χ3v) is 2.33. The van der Waals surface area contributed by atoms with Crippen LogP contribution < -0.4 is 5.32 Å². The lowest BCUT2D eigenvalue weighted by atomic mass is 10.2. The zero-order valence-electron chi connectivity index (χ0n) is 10.3. The zero-order valence-corrected chi connectivity index (χ0v) is 11.0. The minimum Gasteiger partial charge on any atom is -0.506 e. The zero-order chi connectivity index (χ0) is 14.4. The van der Waals surface area contributed by atoms with Crippen molar-refractivity contribution >= 4 is 29.2 Å². The van der Waals surface area contributed by atoms with Gasteiger partial charge in [0.25, 0.3) is 0 Å². The number of anilines is 1. The molecule has 0 fully saturated rings. The Bertz CT molecular complexity index is 527. The van der Waals surface area contributed by atoms with Crippen molar-refractivity contribution in [3.8, 4) is 5.75 Å². The Morgan fingerprint density at radius 3 is 2.53 bits per heavy atom. The van der Waals surface area contributed by atoms with E-state index in [2.05, 4.69) is 14.8 Å². The molecule has 19 heavy (non-hydrogen) atoms. The van der Waals surface area contributed by atoms with Gasteiger partial charge in [0, 0.05) is 11.1 Å². The van der Waals surface area contributed by atoms with Gasteiger partial charge in [-0.3, -0.25) is 0 Å². The smallest absolute Gasteiger partial charge is 0.354 e. The molecule has 6 nitrogen and oxygen atoms in total. The van der Waals surface area contributed by atoms with Crippen LogP contribution in [0.2, 0.25) is 5.02 Å². The fraction of sp³-hybridized carbons (Fsp3) is 0.167. The lowest BCUT2D eigenvalue weighted by molar-refractivity contribution is -0.138. The number of benzene rings is 1. The molecule has 1 rings (SSSR count). The van der Waals surface area contributed by atoms with Crippen molar-refractivity contribution in [1.29, 1.82) is 0 Å². The molecule has 2 N–H and O–H groups in total. The fourth-order valence-electron chi connectivity index (χ4n) is 1.19. The van der Waals surface area contributed by atoms with E-state index in [0.717, 1.165) is 13.2 Å². The average molecular weight is 286 g/mol. The predicted molar refractivity (Wildman–Crippen MR) is 68.9 cm³/mol. The first-order chi connectivity index (χ1) is 8.97. The van der Waals surface area contributed by atoms with Crippen LogP contribution in [-0.2, 0) is 19.1 Å². The van der Waals surface area contributed by atoms with Crippen LogP contribution in [0.25, 0.3) is 0 Å². The van der Waals surface area contributed by atoms with E-state index in [1.807, 2.05) is 0 Å². The number of esters is 2. The number of rotatable bonds is 4. The Balaban J connectivity index is 3.04. The predicted octanol–water partition coefficient (Wildman–Crippen LogP) is 1.69. The molecule has 0 unspecified atom stereocenters. The maximum atomic E-state index is 11.5. The molecule has 0 bridgehead atoms. The quantitative estimate of drug-likeness (QED) is 0.497. The molecule has 0 heterocycles. The molecule has 0 spiro atoms. The monoisotopic (exact) mass is 285 g/mol. The normalized spacial score (nSPS) is 10.8. The summed E-state index contributed by atoms with van der Waals surface area (Å²) in [6.07, 6.45) is 0.917. The molecule has 0 saturated heterocycles. The number of nitrogens with one attached hydrogen (secondary N) is 1. The van der Waals surface area contributed by atoms with Crippen LogP contribution in [0.4, 0.5) is 5.69 Å². The number of halogens is 1. The van der Waals surface area contributed by atoms with Gasteiger partial charge in [0.15, 0.2) is 0 Å². The maximum Gasteiger partial charge on any atom is 0.354 e. The number of carbonyl (C=O) groups excluding carboxylic acids is 2. The molecule has 0 aromatic heterocycles. The lowest BCUT2D eigenvalue weighted by Gasteiger charge is -2.10. The summed E-state index contributed by atoms with van der Waals surface area (Å²) in [5.74, 6) is -1.69. The average Bonchev–Trinajstić information content (AvgIpc) is 2.39. The highest BCUT2D eigenvalue weighted by atomic mass is 35.5. The first kappa shape index (κ1) is 14.8. The van der Waals surface area contributed by atoms with Gasteiger partial charge >= 0.3 is 11.9 Å².